The van der Waals surface area contributed by atoms with Crippen molar-refractivity contribution in [3.8, 4) is 0 Å². The van der Waals surface area contributed by atoms with E-state index in [1.807, 2.05) is 30.3 Å². The number of halogens is 2. The van der Waals surface area contributed by atoms with E-state index in [1.54, 1.807) is 0 Å². The van der Waals surface area contributed by atoms with Gasteiger partial charge in [0, 0.05) is 16.1 Å². The molecule has 2 aromatic carbocycles. The molecule has 32 heavy (non-hydrogen) atoms. The topological polar surface area (TPSA) is 41.5 Å². The minimum Gasteiger partial charge on any atom is -0.408 e. The zero-order valence-electron chi connectivity index (χ0n) is 19.9. The van der Waals surface area contributed by atoms with E-state index in [1.165, 1.54) is 0 Å². The van der Waals surface area contributed by atoms with Crippen LogP contribution in [0.3, 0.4) is 0 Å². The third-order valence-corrected chi connectivity index (χ3v) is 12.0. The average Bonchev–Trinajstić information content (AvgIpc) is 2.72. The van der Waals surface area contributed by atoms with E-state index < -0.39 is 8.32 Å². The van der Waals surface area contributed by atoms with Crippen LogP contribution in [0, 0.1) is 0 Å². The van der Waals surface area contributed by atoms with E-state index in [2.05, 4.69) is 57.4 Å². The summed E-state index contributed by atoms with van der Waals surface area (Å²) in [4.78, 5) is 0. The lowest BCUT2D eigenvalue weighted by molar-refractivity contribution is 0.0622. The highest BCUT2D eigenvalue weighted by atomic mass is 35.5. The van der Waals surface area contributed by atoms with Crippen molar-refractivity contribution < 1.29 is 9.53 Å². The fraction of sp³-hybridized carbons (Fsp3) is 0.538. The van der Waals surface area contributed by atoms with Crippen LogP contribution in [0.5, 0.6) is 0 Å². The third-order valence-electron chi connectivity index (χ3n) is 7.06. The minimum atomic E-state index is -2.13. The molecule has 4 atom stereocenters. The Labute approximate surface area is 204 Å². The number of benzene rings is 2. The lowest BCUT2D eigenvalue weighted by atomic mass is 9.89. The quantitative estimate of drug-likeness (QED) is 0.388. The van der Waals surface area contributed by atoms with Gasteiger partial charge in [0.25, 0.3) is 0 Å². The zero-order chi connectivity index (χ0) is 23.5. The molecule has 0 unspecified atom stereocenters. The Kier molecular flexibility index (Phi) is 8.51. The molecule has 3 rings (SSSR count). The molecule has 0 radical (unpaired) electrons. The number of rotatable bonds is 7. The Balaban J connectivity index is 2.07. The van der Waals surface area contributed by atoms with Crippen LogP contribution in [0.2, 0.25) is 28.2 Å². The fourth-order valence-corrected chi connectivity index (χ4v) is 5.66. The van der Waals surface area contributed by atoms with Crippen LogP contribution in [-0.4, -0.2) is 25.6 Å². The highest BCUT2D eigenvalue weighted by Gasteiger charge is 2.42. The molecule has 176 valence electrons. The molecule has 0 heterocycles. The van der Waals surface area contributed by atoms with Gasteiger partial charge in [-0.15, -0.1) is 0 Å². The predicted octanol–water partition coefficient (Wildman–Crippen LogP) is 7.69. The van der Waals surface area contributed by atoms with Crippen molar-refractivity contribution in [3.63, 3.8) is 0 Å². The number of aliphatic hydroxyl groups is 1. The van der Waals surface area contributed by atoms with Crippen molar-refractivity contribution in [2.24, 2.45) is 0 Å². The predicted molar refractivity (Wildman–Crippen MR) is 138 cm³/mol. The van der Waals surface area contributed by atoms with Crippen LogP contribution in [0.25, 0.3) is 0 Å². The fourth-order valence-electron chi connectivity index (χ4n) is 4.07. The summed E-state index contributed by atoms with van der Waals surface area (Å²) in [6.45, 7) is 11.3. The van der Waals surface area contributed by atoms with Crippen molar-refractivity contribution in [3.05, 3.63) is 69.7 Å². The third kappa shape index (κ3) is 6.37. The summed E-state index contributed by atoms with van der Waals surface area (Å²) in [5.74, 6) is 0. The van der Waals surface area contributed by atoms with Gasteiger partial charge in [-0.05, 0) is 66.4 Å². The zero-order valence-corrected chi connectivity index (χ0v) is 22.4. The molecule has 1 saturated carbocycles. The molecule has 1 aliphatic carbocycles. The number of aliphatic hydroxyl groups excluding tert-OH is 1. The molecule has 1 fully saturated rings. The molecular formula is C26H37Cl2NO2Si. The Morgan fingerprint density at radius 1 is 0.969 bits per heavy atom. The van der Waals surface area contributed by atoms with Crippen LogP contribution in [0.15, 0.2) is 48.5 Å². The molecule has 2 N–H and O–H groups in total. The normalized spacial score (nSPS) is 21.9. The summed E-state index contributed by atoms with van der Waals surface area (Å²) in [7, 11) is -2.13. The molecule has 0 saturated heterocycles. The van der Waals surface area contributed by atoms with Crippen LogP contribution in [0.4, 0.5) is 0 Å². The Bertz CT molecular complexity index is 882. The van der Waals surface area contributed by atoms with E-state index in [-0.39, 0.29) is 29.3 Å². The average molecular weight is 495 g/mol. The Morgan fingerprint density at radius 3 is 2.22 bits per heavy atom. The minimum absolute atomic E-state index is 0.0223. The standard InChI is InChI=1S/C26H37Cl2NO2Si/c1-26(2,3)32(4,5)31-25(19-9-8-10-21(28)17-19)24(18-13-15-20(27)16-14-18)29-22-11-6-7-12-23(22)30/h8-10,13-17,22-25,29-30H,6-7,11-12H2,1-5H3/t22-,23-,24-,25+/m1/s1. The van der Waals surface area contributed by atoms with Gasteiger partial charge >= 0.3 is 0 Å². The van der Waals surface area contributed by atoms with Crippen LogP contribution in [0.1, 0.15) is 69.7 Å². The lowest BCUT2D eigenvalue weighted by Gasteiger charge is -2.43. The monoisotopic (exact) mass is 493 g/mol. The van der Waals surface area contributed by atoms with E-state index in [9.17, 15) is 5.11 Å². The molecule has 3 nitrogen and oxygen atoms in total. The smallest absolute Gasteiger partial charge is 0.193 e. The van der Waals surface area contributed by atoms with Crippen LogP contribution < -0.4 is 5.32 Å². The summed E-state index contributed by atoms with van der Waals surface area (Å²) < 4.78 is 7.07. The largest absolute Gasteiger partial charge is 0.408 e. The van der Waals surface area contributed by atoms with Gasteiger partial charge in [0.15, 0.2) is 8.32 Å². The van der Waals surface area contributed by atoms with Gasteiger partial charge < -0.3 is 14.8 Å². The first-order valence-corrected chi connectivity index (χ1v) is 15.3. The van der Waals surface area contributed by atoms with Crippen molar-refractivity contribution in [1.82, 2.24) is 5.32 Å². The highest BCUT2D eigenvalue weighted by molar-refractivity contribution is 6.74. The molecule has 0 aromatic heterocycles. The first-order valence-electron chi connectivity index (χ1n) is 11.6. The Morgan fingerprint density at radius 2 is 1.62 bits per heavy atom. The number of nitrogens with one attached hydrogen (secondary N) is 1. The molecular weight excluding hydrogens is 457 g/mol. The maximum absolute atomic E-state index is 10.7. The van der Waals surface area contributed by atoms with Crippen LogP contribution >= 0.6 is 23.2 Å². The summed E-state index contributed by atoms with van der Waals surface area (Å²) in [5.41, 5.74) is 2.14. The molecule has 0 bridgehead atoms. The van der Waals surface area contributed by atoms with Gasteiger partial charge in [-0.1, -0.05) is 81.1 Å². The maximum atomic E-state index is 10.7. The van der Waals surface area contributed by atoms with Gasteiger partial charge in [-0.2, -0.15) is 0 Å². The van der Waals surface area contributed by atoms with E-state index in [0.29, 0.717) is 10.0 Å². The molecule has 2 aromatic rings. The first-order chi connectivity index (χ1) is 15.0. The molecule has 0 amide bonds. The summed E-state index contributed by atoms with van der Waals surface area (Å²) >= 11 is 12.6. The lowest BCUT2D eigenvalue weighted by Crippen LogP contribution is -2.48. The van der Waals surface area contributed by atoms with Crippen molar-refractivity contribution in [2.45, 2.75) is 88.9 Å². The second kappa shape index (κ2) is 10.6. The molecule has 6 heteroatoms. The first kappa shape index (κ1) is 25.7. The van der Waals surface area contributed by atoms with Crippen molar-refractivity contribution in [1.29, 1.82) is 0 Å². The number of hydrogen-bond donors (Lipinski definition) is 2. The van der Waals surface area contributed by atoms with Gasteiger partial charge in [0.2, 0.25) is 0 Å². The second-order valence-corrected chi connectivity index (χ2v) is 16.1. The SMILES string of the molecule is CC(C)(C)[Si](C)(C)O[C@@H](c1cccc(Cl)c1)[C@H](N[C@@H]1CCCC[C@H]1O)c1ccc(Cl)cc1. The summed E-state index contributed by atoms with van der Waals surface area (Å²) in [5, 5.41) is 16.0. The van der Waals surface area contributed by atoms with Gasteiger partial charge in [0.05, 0.1) is 18.2 Å². The Hall–Kier alpha value is -0.883. The van der Waals surface area contributed by atoms with E-state index in [0.717, 1.165) is 36.8 Å². The number of hydrogen-bond acceptors (Lipinski definition) is 3. The summed E-state index contributed by atoms with van der Waals surface area (Å²) in [6, 6.07) is 15.8. The van der Waals surface area contributed by atoms with Crippen LogP contribution in [-0.2, 0) is 4.43 Å². The van der Waals surface area contributed by atoms with Gasteiger partial charge in [-0.25, -0.2) is 0 Å². The molecule has 1 aliphatic rings. The van der Waals surface area contributed by atoms with Gasteiger partial charge in [-0.3, -0.25) is 0 Å². The molecule has 0 spiro atoms. The highest BCUT2D eigenvalue weighted by Crippen LogP contribution is 2.44. The maximum Gasteiger partial charge on any atom is 0.193 e. The second-order valence-electron chi connectivity index (χ2n) is 10.5. The molecule has 0 aliphatic heterocycles. The summed E-state index contributed by atoms with van der Waals surface area (Å²) in [6.07, 6.45) is 3.37. The van der Waals surface area contributed by atoms with Gasteiger partial charge in [0.1, 0.15) is 0 Å². The van der Waals surface area contributed by atoms with E-state index >= 15 is 0 Å². The van der Waals surface area contributed by atoms with E-state index in [4.69, 9.17) is 27.6 Å². The van der Waals surface area contributed by atoms with Crippen molar-refractivity contribution >= 4 is 31.5 Å². The van der Waals surface area contributed by atoms with Crippen molar-refractivity contribution in [2.75, 3.05) is 0 Å².